The number of likely N-dealkylation sites (tertiary alicyclic amines) is 1. The number of nitriles is 1. The van der Waals surface area contributed by atoms with Crippen molar-refractivity contribution in [2.45, 2.75) is 43.3 Å². The first-order valence-electron chi connectivity index (χ1n) is 10.9. The molecule has 1 amide bonds. The number of ether oxygens (including phenoxy) is 1. The van der Waals surface area contributed by atoms with E-state index in [1.807, 2.05) is 11.0 Å². The van der Waals surface area contributed by atoms with E-state index in [1.54, 1.807) is 18.3 Å². The van der Waals surface area contributed by atoms with Crippen molar-refractivity contribution in [2.24, 2.45) is 0 Å². The van der Waals surface area contributed by atoms with Crippen molar-refractivity contribution >= 4 is 11.7 Å². The van der Waals surface area contributed by atoms with Crippen molar-refractivity contribution in [2.75, 3.05) is 31.6 Å². The molecule has 3 fully saturated rings. The summed E-state index contributed by atoms with van der Waals surface area (Å²) in [6.45, 7) is 1.45. The Kier molecular flexibility index (Phi) is 5.18. The Morgan fingerprint density at radius 2 is 2.03 bits per heavy atom. The SMILES string of the molecule is COc1cc(C2(NCC(=O)N3CC4CCC(C3)N4c3ccc(C#N)cn3)CC2)c(F)cn1. The van der Waals surface area contributed by atoms with Crippen LogP contribution in [0.4, 0.5) is 10.2 Å². The highest BCUT2D eigenvalue weighted by Crippen LogP contribution is 2.47. The second kappa shape index (κ2) is 8.02. The van der Waals surface area contributed by atoms with Crippen molar-refractivity contribution in [3.05, 3.63) is 47.5 Å². The van der Waals surface area contributed by atoms with Gasteiger partial charge in [-0.2, -0.15) is 5.26 Å². The number of methoxy groups -OCH3 is 1. The van der Waals surface area contributed by atoms with E-state index in [0.717, 1.165) is 31.5 Å². The van der Waals surface area contributed by atoms with Gasteiger partial charge in [0.2, 0.25) is 11.8 Å². The van der Waals surface area contributed by atoms with Gasteiger partial charge in [-0.25, -0.2) is 14.4 Å². The van der Waals surface area contributed by atoms with Crippen molar-refractivity contribution in [1.82, 2.24) is 20.2 Å². The van der Waals surface area contributed by atoms with Gasteiger partial charge in [0.25, 0.3) is 0 Å². The summed E-state index contributed by atoms with van der Waals surface area (Å²) in [5.74, 6) is 0.873. The van der Waals surface area contributed by atoms with Gasteiger partial charge in [-0.05, 0) is 37.8 Å². The quantitative estimate of drug-likeness (QED) is 0.740. The molecule has 2 bridgehead atoms. The van der Waals surface area contributed by atoms with Crippen LogP contribution in [-0.2, 0) is 10.3 Å². The van der Waals surface area contributed by atoms with E-state index < -0.39 is 5.54 Å². The first kappa shape index (κ1) is 20.6. The number of carbonyl (C=O) groups is 1. The molecule has 0 aromatic carbocycles. The Bertz CT molecular complexity index is 1050. The molecule has 1 aliphatic carbocycles. The maximum absolute atomic E-state index is 14.4. The summed E-state index contributed by atoms with van der Waals surface area (Å²) in [7, 11) is 1.50. The highest BCUT2D eigenvalue weighted by molar-refractivity contribution is 5.79. The minimum Gasteiger partial charge on any atom is -0.481 e. The molecule has 9 heteroatoms. The monoisotopic (exact) mass is 436 g/mol. The molecule has 2 saturated heterocycles. The van der Waals surface area contributed by atoms with Crippen LogP contribution in [0, 0.1) is 17.1 Å². The maximum Gasteiger partial charge on any atom is 0.236 e. The van der Waals surface area contributed by atoms with Gasteiger partial charge in [0, 0.05) is 48.5 Å². The number of pyridine rings is 2. The van der Waals surface area contributed by atoms with Crippen LogP contribution in [0.3, 0.4) is 0 Å². The van der Waals surface area contributed by atoms with E-state index in [0.29, 0.717) is 30.1 Å². The fourth-order valence-electron chi connectivity index (χ4n) is 5.01. The lowest BCUT2D eigenvalue weighted by Crippen LogP contribution is -2.57. The van der Waals surface area contributed by atoms with Gasteiger partial charge < -0.3 is 14.5 Å². The molecule has 166 valence electrons. The molecule has 1 saturated carbocycles. The fraction of sp³-hybridized carbons (Fsp3) is 0.478. The molecule has 2 atom stereocenters. The minimum atomic E-state index is -0.525. The molecule has 2 unspecified atom stereocenters. The average Bonchev–Trinajstić information content (AvgIpc) is 3.57. The predicted molar refractivity (Wildman–Crippen MR) is 114 cm³/mol. The Morgan fingerprint density at radius 3 is 2.62 bits per heavy atom. The number of amides is 1. The third-order valence-electron chi connectivity index (χ3n) is 6.86. The molecule has 1 N–H and O–H groups in total. The lowest BCUT2D eigenvalue weighted by molar-refractivity contribution is -0.131. The molecular weight excluding hydrogens is 411 g/mol. The third-order valence-corrected chi connectivity index (χ3v) is 6.86. The van der Waals surface area contributed by atoms with Crippen LogP contribution in [0.1, 0.15) is 36.8 Å². The van der Waals surface area contributed by atoms with Crippen LogP contribution in [0.2, 0.25) is 0 Å². The number of hydrogen-bond donors (Lipinski definition) is 1. The molecule has 0 spiro atoms. The van der Waals surface area contributed by atoms with Gasteiger partial charge >= 0.3 is 0 Å². The van der Waals surface area contributed by atoms with E-state index in [4.69, 9.17) is 10.00 Å². The zero-order valence-corrected chi connectivity index (χ0v) is 17.9. The zero-order chi connectivity index (χ0) is 22.3. The lowest BCUT2D eigenvalue weighted by Gasteiger charge is -2.42. The van der Waals surface area contributed by atoms with Gasteiger partial charge in [-0.15, -0.1) is 0 Å². The number of piperazine rings is 1. The molecule has 3 aliphatic rings. The Hall–Kier alpha value is -3.25. The van der Waals surface area contributed by atoms with Crippen LogP contribution >= 0.6 is 0 Å². The van der Waals surface area contributed by atoms with Crippen LogP contribution < -0.4 is 15.0 Å². The second-order valence-corrected chi connectivity index (χ2v) is 8.75. The standard InChI is InChI=1S/C23H25FN6O2/c1-32-21-8-18(19(24)11-27-21)23(6-7-23)28-12-22(31)29-13-16-3-4-17(14-29)30(16)20-5-2-15(9-25)10-26-20/h2,5,8,10-11,16-17,28H,3-4,6-7,12-14H2,1H3. The van der Waals surface area contributed by atoms with Gasteiger partial charge in [0.15, 0.2) is 0 Å². The number of fused-ring (bicyclic) bond motifs is 2. The van der Waals surface area contributed by atoms with E-state index >= 15 is 0 Å². The van der Waals surface area contributed by atoms with E-state index in [-0.39, 0.29) is 30.4 Å². The Morgan fingerprint density at radius 1 is 1.28 bits per heavy atom. The number of nitrogens with one attached hydrogen (secondary N) is 1. The summed E-state index contributed by atoms with van der Waals surface area (Å²) >= 11 is 0. The number of aromatic nitrogens is 2. The molecule has 5 rings (SSSR count). The van der Waals surface area contributed by atoms with E-state index in [1.165, 1.54) is 13.3 Å². The largest absolute Gasteiger partial charge is 0.481 e. The fourth-order valence-corrected chi connectivity index (χ4v) is 5.01. The number of nitrogens with zero attached hydrogens (tertiary/aromatic N) is 5. The molecule has 4 heterocycles. The smallest absolute Gasteiger partial charge is 0.236 e. The molecule has 0 radical (unpaired) electrons. The molecule has 2 aromatic rings. The first-order chi connectivity index (χ1) is 15.5. The highest BCUT2D eigenvalue weighted by atomic mass is 19.1. The lowest BCUT2D eigenvalue weighted by atomic mass is 10.1. The van der Waals surface area contributed by atoms with Crippen molar-refractivity contribution < 1.29 is 13.9 Å². The number of carbonyl (C=O) groups excluding carboxylic acids is 1. The number of halogens is 1. The van der Waals surface area contributed by atoms with Gasteiger partial charge in [-0.3, -0.25) is 10.1 Å². The van der Waals surface area contributed by atoms with Crippen LogP contribution in [-0.4, -0.2) is 59.6 Å². The van der Waals surface area contributed by atoms with Gasteiger partial charge in [0.05, 0.1) is 25.4 Å². The van der Waals surface area contributed by atoms with Crippen molar-refractivity contribution in [3.8, 4) is 11.9 Å². The van der Waals surface area contributed by atoms with E-state index in [9.17, 15) is 9.18 Å². The Balaban J connectivity index is 1.23. The summed E-state index contributed by atoms with van der Waals surface area (Å²) < 4.78 is 19.5. The first-order valence-corrected chi connectivity index (χ1v) is 10.9. The van der Waals surface area contributed by atoms with Gasteiger partial charge in [-0.1, -0.05) is 0 Å². The topological polar surface area (TPSA) is 94.4 Å². The Labute approximate surface area is 186 Å². The third kappa shape index (κ3) is 3.65. The summed E-state index contributed by atoms with van der Waals surface area (Å²) in [6, 6.07) is 7.81. The van der Waals surface area contributed by atoms with Gasteiger partial charge in [0.1, 0.15) is 17.7 Å². The second-order valence-electron chi connectivity index (χ2n) is 8.75. The number of anilines is 1. The van der Waals surface area contributed by atoms with Crippen molar-refractivity contribution in [3.63, 3.8) is 0 Å². The van der Waals surface area contributed by atoms with E-state index in [2.05, 4.69) is 26.3 Å². The summed E-state index contributed by atoms with van der Waals surface area (Å²) in [5.41, 5.74) is 0.524. The molecular formula is C23H25FN6O2. The molecule has 32 heavy (non-hydrogen) atoms. The number of rotatable bonds is 6. The molecule has 8 nitrogen and oxygen atoms in total. The maximum atomic E-state index is 14.4. The predicted octanol–water partition coefficient (Wildman–Crippen LogP) is 1.95. The normalized spacial score (nSPS) is 23.0. The summed E-state index contributed by atoms with van der Waals surface area (Å²) in [6.07, 6.45) is 6.33. The zero-order valence-electron chi connectivity index (χ0n) is 17.9. The van der Waals surface area contributed by atoms with Crippen molar-refractivity contribution in [1.29, 1.82) is 5.26 Å². The van der Waals surface area contributed by atoms with Crippen LogP contribution in [0.15, 0.2) is 30.6 Å². The summed E-state index contributed by atoms with van der Waals surface area (Å²) in [5, 5.41) is 12.3. The summed E-state index contributed by atoms with van der Waals surface area (Å²) in [4.78, 5) is 25.6. The number of hydrogen-bond acceptors (Lipinski definition) is 7. The average molecular weight is 436 g/mol. The van der Waals surface area contributed by atoms with Crippen LogP contribution in [0.25, 0.3) is 0 Å². The minimum absolute atomic E-state index is 0.0297. The van der Waals surface area contributed by atoms with Crippen LogP contribution in [0.5, 0.6) is 5.88 Å². The molecule has 2 aromatic heterocycles. The molecule has 2 aliphatic heterocycles. The highest BCUT2D eigenvalue weighted by Gasteiger charge is 2.47.